The number of hydrogen-bond acceptors (Lipinski definition) is 5. The first-order valence-electron chi connectivity index (χ1n) is 3.73. The second-order valence-corrected chi connectivity index (χ2v) is 1.89. The van der Waals surface area contributed by atoms with Crippen LogP contribution in [0.1, 0.15) is 20.3 Å². The molecule has 0 aliphatic heterocycles. The van der Waals surface area contributed by atoms with Gasteiger partial charge >= 0.3 is 5.97 Å². The Balaban J connectivity index is 0. The van der Waals surface area contributed by atoms with E-state index in [0.717, 1.165) is 0 Å². The third-order valence-corrected chi connectivity index (χ3v) is 0.888. The predicted octanol–water partition coefficient (Wildman–Crippen LogP) is 1.31. The number of ether oxygens (including phenoxy) is 1. The summed E-state index contributed by atoms with van der Waals surface area (Å²) in [6, 6.07) is 0. The van der Waals surface area contributed by atoms with Gasteiger partial charge in [0, 0.05) is 0 Å². The van der Waals surface area contributed by atoms with Crippen LogP contribution in [0.5, 0.6) is 0 Å². The van der Waals surface area contributed by atoms with Crippen molar-refractivity contribution in [3.8, 4) is 0 Å². The Morgan fingerprint density at radius 1 is 1.31 bits per heavy atom. The third kappa shape index (κ3) is 9.10. The zero-order valence-electron chi connectivity index (χ0n) is 7.66. The Bertz CT molecular complexity index is 163. The van der Waals surface area contributed by atoms with Gasteiger partial charge in [-0.1, -0.05) is 0 Å². The van der Waals surface area contributed by atoms with Crippen LogP contribution in [-0.4, -0.2) is 25.1 Å². The summed E-state index contributed by atoms with van der Waals surface area (Å²) in [7, 11) is 0. The average molecular weight is 212 g/mol. The first-order chi connectivity index (χ1) is 5.70. The summed E-state index contributed by atoms with van der Waals surface area (Å²) in [5.74, 6) is -0.725. The molecule has 0 radical (unpaired) electrons. The number of esters is 1. The minimum atomic E-state index is -0.484. The summed E-state index contributed by atoms with van der Waals surface area (Å²) >= 11 is 0. The molecule has 0 saturated heterocycles. The van der Waals surface area contributed by atoms with Crippen molar-refractivity contribution < 1.29 is 19.3 Å². The van der Waals surface area contributed by atoms with Crippen LogP contribution in [0.3, 0.4) is 0 Å². The van der Waals surface area contributed by atoms with Gasteiger partial charge < -0.3 is 9.62 Å². The average Bonchev–Trinajstić information content (AvgIpc) is 2.01. The molecule has 0 heterocycles. The zero-order valence-corrected chi connectivity index (χ0v) is 8.48. The van der Waals surface area contributed by atoms with Gasteiger partial charge in [0.1, 0.15) is 6.42 Å². The summed E-state index contributed by atoms with van der Waals surface area (Å²) in [6.45, 7) is 4.06. The smallest absolute Gasteiger partial charge is 0.315 e. The molecular weight excluding hydrogens is 198 g/mol. The number of carbonyl (C=O) groups excluding carboxylic acids is 1. The molecule has 0 atom stereocenters. The highest BCUT2D eigenvalue weighted by atomic mass is 35.5. The van der Waals surface area contributed by atoms with Crippen LogP contribution in [0.15, 0.2) is 0 Å². The molecule has 5 nitrogen and oxygen atoms in total. The monoisotopic (exact) mass is 211 g/mol. The molecule has 0 amide bonds. The fourth-order valence-electron chi connectivity index (χ4n) is 0.503. The van der Waals surface area contributed by atoms with Gasteiger partial charge in [-0.3, -0.25) is 10.2 Å². The Hall–Kier alpha value is -0.810. The van der Waals surface area contributed by atoms with Crippen molar-refractivity contribution in [1.82, 2.24) is 0 Å². The van der Waals surface area contributed by atoms with Crippen molar-refractivity contribution >= 4 is 24.3 Å². The normalized spacial score (nSPS) is 8.46. The minimum absolute atomic E-state index is 0. The number of nitrogens with one attached hydrogen (secondary N) is 1. The van der Waals surface area contributed by atoms with E-state index in [1.165, 1.54) is 0 Å². The summed E-state index contributed by atoms with van der Waals surface area (Å²) in [6.07, 6.45) is -0.187. The first kappa shape index (κ1) is 14.7. The highest BCUT2D eigenvalue weighted by molar-refractivity contribution is 5.92. The fourth-order valence-corrected chi connectivity index (χ4v) is 0.503. The topological polar surface area (TPSA) is 68.6 Å². The Morgan fingerprint density at radius 2 is 1.92 bits per heavy atom. The SMILES string of the molecule is CCOOC(=N)CC(=O)OCC.Cl. The Kier molecular flexibility index (Phi) is 10.5. The second-order valence-electron chi connectivity index (χ2n) is 1.89. The maximum absolute atomic E-state index is 10.7. The highest BCUT2D eigenvalue weighted by Gasteiger charge is 2.08. The van der Waals surface area contributed by atoms with Gasteiger partial charge in [-0.05, 0) is 13.8 Å². The molecular formula is C7H14ClNO4. The minimum Gasteiger partial charge on any atom is -0.466 e. The summed E-state index contributed by atoms with van der Waals surface area (Å²) in [5.41, 5.74) is 0. The molecule has 0 spiro atoms. The van der Waals surface area contributed by atoms with E-state index in [1.54, 1.807) is 13.8 Å². The molecule has 0 aliphatic rings. The lowest BCUT2D eigenvalue weighted by Gasteiger charge is -2.03. The first-order valence-corrected chi connectivity index (χ1v) is 3.73. The number of halogens is 1. The van der Waals surface area contributed by atoms with Gasteiger partial charge in [-0.2, -0.15) is 4.89 Å². The zero-order chi connectivity index (χ0) is 9.40. The molecule has 0 bridgehead atoms. The number of rotatable bonds is 5. The van der Waals surface area contributed by atoms with Crippen molar-refractivity contribution in [3.63, 3.8) is 0 Å². The lowest BCUT2D eigenvalue weighted by molar-refractivity contribution is -0.220. The Morgan fingerprint density at radius 3 is 2.38 bits per heavy atom. The maximum atomic E-state index is 10.7. The predicted molar refractivity (Wildman–Crippen MR) is 48.9 cm³/mol. The van der Waals surface area contributed by atoms with E-state index in [0.29, 0.717) is 13.2 Å². The van der Waals surface area contributed by atoms with E-state index in [1.807, 2.05) is 0 Å². The second kappa shape index (κ2) is 9.28. The van der Waals surface area contributed by atoms with Crippen molar-refractivity contribution in [2.45, 2.75) is 20.3 Å². The molecule has 0 aromatic heterocycles. The van der Waals surface area contributed by atoms with E-state index >= 15 is 0 Å². The molecule has 0 aromatic rings. The van der Waals surface area contributed by atoms with Crippen LogP contribution in [-0.2, 0) is 19.3 Å². The van der Waals surface area contributed by atoms with Crippen molar-refractivity contribution in [2.24, 2.45) is 0 Å². The van der Waals surface area contributed by atoms with E-state index in [2.05, 4.69) is 14.5 Å². The fraction of sp³-hybridized carbons (Fsp3) is 0.714. The van der Waals surface area contributed by atoms with Gasteiger partial charge in [0.2, 0.25) is 5.90 Å². The van der Waals surface area contributed by atoms with Crippen molar-refractivity contribution in [3.05, 3.63) is 0 Å². The van der Waals surface area contributed by atoms with Gasteiger partial charge in [-0.15, -0.1) is 12.4 Å². The van der Waals surface area contributed by atoms with Crippen LogP contribution in [0.2, 0.25) is 0 Å². The van der Waals surface area contributed by atoms with E-state index in [-0.39, 0.29) is 24.7 Å². The number of hydrogen-bond donors (Lipinski definition) is 1. The molecule has 0 unspecified atom stereocenters. The van der Waals surface area contributed by atoms with Crippen LogP contribution < -0.4 is 0 Å². The standard InChI is InChI=1S/C7H13NO4.ClH/c1-3-10-7(9)5-6(8)12-11-4-2;/h8H,3-5H2,1-2H3;1H. The van der Waals surface area contributed by atoms with E-state index < -0.39 is 5.97 Å². The van der Waals surface area contributed by atoms with Crippen LogP contribution in [0.4, 0.5) is 0 Å². The van der Waals surface area contributed by atoms with Crippen LogP contribution in [0.25, 0.3) is 0 Å². The molecule has 0 fully saturated rings. The quantitative estimate of drug-likeness (QED) is 0.245. The molecule has 6 heteroatoms. The van der Waals surface area contributed by atoms with Gasteiger partial charge in [0.15, 0.2) is 0 Å². The van der Waals surface area contributed by atoms with Gasteiger partial charge in [0.05, 0.1) is 13.2 Å². The van der Waals surface area contributed by atoms with E-state index in [4.69, 9.17) is 5.41 Å². The molecule has 13 heavy (non-hydrogen) atoms. The molecule has 78 valence electrons. The van der Waals surface area contributed by atoms with Crippen molar-refractivity contribution in [2.75, 3.05) is 13.2 Å². The maximum Gasteiger partial charge on any atom is 0.315 e. The molecule has 0 saturated carbocycles. The Labute approximate surface area is 83.2 Å². The lowest BCUT2D eigenvalue weighted by atomic mass is 10.4. The number of carbonyl (C=O) groups is 1. The summed E-state index contributed by atoms with van der Waals surface area (Å²) in [4.78, 5) is 19.6. The molecule has 1 N–H and O–H groups in total. The largest absolute Gasteiger partial charge is 0.466 e. The van der Waals surface area contributed by atoms with Crippen LogP contribution in [0, 0.1) is 5.41 Å². The molecule has 0 aliphatic carbocycles. The van der Waals surface area contributed by atoms with Gasteiger partial charge in [-0.25, -0.2) is 0 Å². The van der Waals surface area contributed by atoms with Crippen molar-refractivity contribution in [1.29, 1.82) is 5.41 Å². The lowest BCUT2D eigenvalue weighted by Crippen LogP contribution is -2.13. The van der Waals surface area contributed by atoms with Gasteiger partial charge in [0.25, 0.3) is 0 Å². The third-order valence-electron chi connectivity index (χ3n) is 0.888. The van der Waals surface area contributed by atoms with Crippen LogP contribution >= 0.6 is 12.4 Å². The molecule has 0 aromatic carbocycles. The highest BCUT2D eigenvalue weighted by Crippen LogP contribution is 1.91. The summed E-state index contributed by atoms with van der Waals surface area (Å²) in [5, 5.41) is 7.05. The van der Waals surface area contributed by atoms with E-state index in [9.17, 15) is 4.79 Å². The summed E-state index contributed by atoms with van der Waals surface area (Å²) < 4.78 is 4.58. The molecule has 0 rings (SSSR count).